The minimum Gasteiger partial charge on any atom is -0.489 e. The van der Waals surface area contributed by atoms with Crippen LogP contribution < -0.4 is 9.64 Å². The van der Waals surface area contributed by atoms with Crippen LogP contribution in [0.1, 0.15) is 42.9 Å². The standard InChI is InChI=1S/C35H36F3N3O5/c1-3-45-34(44)33-24(2)41(22-32(43)40-18-16-39(17-19-40)28-11-7-10-27(20-28)35(36,37)38)31(42)21-30(33)26-12-14-29(15-13-26)46-23-25-8-5-4-6-9-25/h4-15,20,30H,3,16-19,21-23H2,1-2H3. The number of hydrogen-bond acceptors (Lipinski definition) is 6. The van der Waals surface area contributed by atoms with Crippen molar-refractivity contribution in [2.45, 2.75) is 39.0 Å². The van der Waals surface area contributed by atoms with E-state index in [0.717, 1.165) is 23.3 Å². The van der Waals surface area contributed by atoms with Crippen LogP contribution in [0.4, 0.5) is 18.9 Å². The number of carbonyl (C=O) groups excluding carboxylic acids is 3. The molecule has 3 aromatic carbocycles. The van der Waals surface area contributed by atoms with Gasteiger partial charge in [0.05, 0.1) is 17.7 Å². The summed E-state index contributed by atoms with van der Waals surface area (Å²) in [6.07, 6.45) is -4.46. The molecule has 3 aromatic rings. The molecule has 0 bridgehead atoms. The zero-order valence-electron chi connectivity index (χ0n) is 25.8. The molecule has 1 saturated heterocycles. The van der Waals surface area contributed by atoms with Crippen molar-refractivity contribution in [3.63, 3.8) is 0 Å². The van der Waals surface area contributed by atoms with E-state index in [2.05, 4.69) is 0 Å². The number of alkyl halides is 3. The summed E-state index contributed by atoms with van der Waals surface area (Å²) in [5, 5.41) is 0. The van der Waals surface area contributed by atoms with Gasteiger partial charge in [0.25, 0.3) is 0 Å². The highest BCUT2D eigenvalue weighted by Crippen LogP contribution is 2.38. The van der Waals surface area contributed by atoms with Gasteiger partial charge in [-0.3, -0.25) is 9.59 Å². The van der Waals surface area contributed by atoms with Gasteiger partial charge >= 0.3 is 12.1 Å². The van der Waals surface area contributed by atoms with Crippen molar-refractivity contribution in [3.05, 3.63) is 107 Å². The van der Waals surface area contributed by atoms with Crippen molar-refractivity contribution in [3.8, 4) is 5.75 Å². The highest BCUT2D eigenvalue weighted by Gasteiger charge is 2.38. The number of piperazine rings is 1. The van der Waals surface area contributed by atoms with Crippen LogP contribution in [0.2, 0.25) is 0 Å². The van der Waals surface area contributed by atoms with E-state index in [1.807, 2.05) is 42.5 Å². The summed E-state index contributed by atoms with van der Waals surface area (Å²) in [6.45, 7) is 4.90. The van der Waals surface area contributed by atoms with Crippen LogP contribution in [0, 0.1) is 0 Å². The number of allylic oxidation sites excluding steroid dienone is 1. The maximum Gasteiger partial charge on any atom is 0.416 e. The Morgan fingerprint density at radius 3 is 2.26 bits per heavy atom. The smallest absolute Gasteiger partial charge is 0.416 e. The molecule has 0 spiro atoms. The predicted molar refractivity (Wildman–Crippen MR) is 166 cm³/mol. The van der Waals surface area contributed by atoms with Gasteiger partial charge in [0.1, 0.15) is 18.9 Å². The molecule has 2 aliphatic heterocycles. The minimum absolute atomic E-state index is 0.0215. The number of halogens is 3. The highest BCUT2D eigenvalue weighted by atomic mass is 19.4. The lowest BCUT2D eigenvalue weighted by Crippen LogP contribution is -2.52. The average molecular weight is 636 g/mol. The molecule has 11 heteroatoms. The fraction of sp³-hybridized carbons (Fsp3) is 0.343. The van der Waals surface area contributed by atoms with Crippen molar-refractivity contribution >= 4 is 23.5 Å². The van der Waals surface area contributed by atoms with Gasteiger partial charge in [-0.25, -0.2) is 4.79 Å². The number of amides is 2. The van der Waals surface area contributed by atoms with Crippen LogP contribution in [0.3, 0.4) is 0 Å². The van der Waals surface area contributed by atoms with Crippen LogP contribution in [0.15, 0.2) is 90.1 Å². The van der Waals surface area contributed by atoms with Crippen molar-refractivity contribution in [2.24, 2.45) is 0 Å². The van der Waals surface area contributed by atoms with E-state index in [9.17, 15) is 27.6 Å². The molecule has 1 atom stereocenters. The molecule has 5 rings (SSSR count). The number of ether oxygens (including phenoxy) is 2. The molecule has 8 nitrogen and oxygen atoms in total. The third-order valence-electron chi connectivity index (χ3n) is 8.31. The number of rotatable bonds is 9. The third kappa shape index (κ3) is 7.52. The van der Waals surface area contributed by atoms with E-state index >= 15 is 0 Å². The van der Waals surface area contributed by atoms with Crippen molar-refractivity contribution < 1.29 is 37.0 Å². The van der Waals surface area contributed by atoms with Crippen LogP contribution >= 0.6 is 0 Å². The van der Waals surface area contributed by atoms with E-state index in [0.29, 0.717) is 42.4 Å². The van der Waals surface area contributed by atoms with Gasteiger partial charge in [-0.05, 0) is 55.3 Å². The molecule has 0 aromatic heterocycles. The first kappa shape index (κ1) is 32.6. The monoisotopic (exact) mass is 635 g/mol. The van der Waals surface area contributed by atoms with Gasteiger partial charge in [0.2, 0.25) is 11.8 Å². The van der Waals surface area contributed by atoms with Gasteiger partial charge < -0.3 is 24.2 Å². The normalized spacial score (nSPS) is 17.3. The van der Waals surface area contributed by atoms with Crippen LogP contribution in [-0.4, -0.2) is 66.9 Å². The Bertz CT molecular complexity index is 1580. The first-order valence-corrected chi connectivity index (χ1v) is 15.2. The molecule has 46 heavy (non-hydrogen) atoms. The second-order valence-corrected chi connectivity index (χ2v) is 11.2. The lowest BCUT2D eigenvalue weighted by Gasteiger charge is -2.38. The molecular weight excluding hydrogens is 599 g/mol. The summed E-state index contributed by atoms with van der Waals surface area (Å²) in [4.78, 5) is 44.7. The average Bonchev–Trinajstić information content (AvgIpc) is 3.06. The van der Waals surface area contributed by atoms with E-state index in [1.54, 1.807) is 41.8 Å². The largest absolute Gasteiger partial charge is 0.489 e. The maximum absolute atomic E-state index is 13.5. The van der Waals surface area contributed by atoms with Gasteiger partial charge in [-0.2, -0.15) is 13.2 Å². The van der Waals surface area contributed by atoms with Crippen molar-refractivity contribution in [1.82, 2.24) is 9.80 Å². The molecule has 2 aliphatic rings. The predicted octanol–water partition coefficient (Wildman–Crippen LogP) is 5.79. The lowest BCUT2D eigenvalue weighted by molar-refractivity contribution is -0.142. The van der Waals surface area contributed by atoms with Gasteiger partial charge in [0, 0.05) is 49.9 Å². The molecule has 2 amide bonds. The molecule has 1 fully saturated rings. The summed E-state index contributed by atoms with van der Waals surface area (Å²) < 4.78 is 50.8. The zero-order chi connectivity index (χ0) is 32.8. The number of hydrogen-bond donors (Lipinski definition) is 0. The summed E-state index contributed by atoms with van der Waals surface area (Å²) >= 11 is 0. The zero-order valence-corrected chi connectivity index (χ0v) is 25.8. The topological polar surface area (TPSA) is 79.4 Å². The quantitative estimate of drug-likeness (QED) is 0.277. The molecule has 0 aliphatic carbocycles. The summed E-state index contributed by atoms with van der Waals surface area (Å²) in [5.41, 5.74) is 2.17. The number of benzene rings is 3. The molecule has 0 N–H and O–H groups in total. The Morgan fingerprint density at radius 2 is 1.61 bits per heavy atom. The third-order valence-corrected chi connectivity index (χ3v) is 8.31. The van der Waals surface area contributed by atoms with Crippen LogP contribution in [0.5, 0.6) is 5.75 Å². The Hall–Kier alpha value is -4.80. The number of esters is 1. The molecule has 0 radical (unpaired) electrons. The van der Waals surface area contributed by atoms with Gasteiger partial charge in [0.15, 0.2) is 0 Å². The molecular formula is C35H36F3N3O5. The molecule has 0 saturated carbocycles. The first-order valence-electron chi connectivity index (χ1n) is 15.2. The second kappa shape index (κ2) is 14.1. The molecule has 242 valence electrons. The maximum atomic E-state index is 13.5. The van der Waals surface area contributed by atoms with Crippen LogP contribution in [-0.2, 0) is 31.9 Å². The number of nitrogens with zero attached hydrogens (tertiary/aromatic N) is 3. The highest BCUT2D eigenvalue weighted by molar-refractivity contribution is 5.97. The second-order valence-electron chi connectivity index (χ2n) is 11.2. The van der Waals surface area contributed by atoms with E-state index in [4.69, 9.17) is 9.47 Å². The number of carbonyl (C=O) groups is 3. The summed E-state index contributed by atoms with van der Waals surface area (Å²) in [5.74, 6) is -1.06. The molecule has 2 heterocycles. The number of anilines is 1. The van der Waals surface area contributed by atoms with Crippen LogP contribution in [0.25, 0.3) is 0 Å². The Balaban J connectivity index is 1.27. The summed E-state index contributed by atoms with van der Waals surface area (Å²) in [7, 11) is 0. The van der Waals surface area contributed by atoms with E-state index in [-0.39, 0.29) is 44.5 Å². The van der Waals surface area contributed by atoms with Gasteiger partial charge in [-0.1, -0.05) is 48.5 Å². The van der Waals surface area contributed by atoms with Crippen molar-refractivity contribution in [2.75, 3.05) is 44.2 Å². The SMILES string of the molecule is CCOC(=O)C1=C(C)N(CC(=O)N2CCN(c3cccc(C(F)(F)F)c3)CC2)C(=O)CC1c1ccc(OCc2ccccc2)cc1. The Morgan fingerprint density at radius 1 is 0.913 bits per heavy atom. The van der Waals surface area contributed by atoms with E-state index in [1.165, 1.54) is 11.0 Å². The fourth-order valence-corrected chi connectivity index (χ4v) is 5.83. The first-order chi connectivity index (χ1) is 22.0. The fourth-order valence-electron chi connectivity index (χ4n) is 5.83. The Labute approximate surface area is 266 Å². The van der Waals surface area contributed by atoms with Gasteiger partial charge in [-0.15, -0.1) is 0 Å². The van der Waals surface area contributed by atoms with Crippen molar-refractivity contribution in [1.29, 1.82) is 0 Å². The Kier molecular flexibility index (Phi) is 9.99. The van der Waals surface area contributed by atoms with E-state index < -0.39 is 23.6 Å². The molecule has 1 unspecified atom stereocenters. The minimum atomic E-state index is -4.44. The summed E-state index contributed by atoms with van der Waals surface area (Å²) in [6, 6.07) is 22.1. The lowest BCUT2D eigenvalue weighted by atomic mass is 9.83.